The Morgan fingerprint density at radius 1 is 1.00 bits per heavy atom. The molecule has 0 aliphatic rings. The Bertz CT molecular complexity index is 522. The van der Waals surface area contributed by atoms with Crippen LogP contribution in [-0.4, -0.2) is 17.5 Å². The zero-order chi connectivity index (χ0) is 16.5. The fourth-order valence-electron chi connectivity index (χ4n) is 1.74. The van der Waals surface area contributed by atoms with Gasteiger partial charge < -0.3 is 5.11 Å². The Kier molecular flexibility index (Phi) is 4.57. The van der Waals surface area contributed by atoms with Crippen molar-refractivity contribution < 1.29 is 31.4 Å². The fourth-order valence-corrected chi connectivity index (χ4v) is 1.74. The molecule has 1 aromatic carbocycles. The van der Waals surface area contributed by atoms with E-state index >= 15 is 0 Å². The van der Waals surface area contributed by atoms with E-state index in [1.54, 1.807) is 13.0 Å². The Labute approximate surface area is 117 Å². The van der Waals surface area contributed by atoms with Gasteiger partial charge in [-0.1, -0.05) is 43.0 Å². The Morgan fingerprint density at radius 3 is 1.76 bits per heavy atom. The van der Waals surface area contributed by atoms with Crippen LogP contribution in [0.2, 0.25) is 0 Å². The van der Waals surface area contributed by atoms with Crippen LogP contribution < -0.4 is 0 Å². The lowest BCUT2D eigenvalue weighted by Gasteiger charge is -2.32. The summed E-state index contributed by atoms with van der Waals surface area (Å²) in [7, 11) is 0. The molecule has 0 atom stereocenters. The van der Waals surface area contributed by atoms with Gasteiger partial charge in [0.1, 0.15) is 0 Å². The minimum absolute atomic E-state index is 0.422. The number of allylic oxidation sites excluding steroid dienone is 3. The average molecular weight is 310 g/mol. The van der Waals surface area contributed by atoms with Gasteiger partial charge in [0, 0.05) is 5.56 Å². The third-order valence-electron chi connectivity index (χ3n) is 2.95. The first-order valence-corrected chi connectivity index (χ1v) is 5.71. The van der Waals surface area contributed by atoms with E-state index < -0.39 is 23.5 Å². The normalized spacial score (nSPS) is 14.2. The summed E-state index contributed by atoms with van der Waals surface area (Å²) in [6.07, 6.45) is -8.77. The molecule has 0 heterocycles. The van der Waals surface area contributed by atoms with Gasteiger partial charge in [-0.15, -0.1) is 0 Å². The molecule has 1 aromatic rings. The van der Waals surface area contributed by atoms with E-state index in [2.05, 4.69) is 6.58 Å². The molecule has 0 aliphatic carbocycles. The van der Waals surface area contributed by atoms with Gasteiger partial charge in [0.05, 0.1) is 0 Å². The summed E-state index contributed by atoms with van der Waals surface area (Å²) in [6, 6.07) is 3.37. The Morgan fingerprint density at radius 2 is 1.43 bits per heavy atom. The molecular weight excluding hydrogens is 298 g/mol. The largest absolute Gasteiger partial charge is 0.430 e. The lowest BCUT2D eigenvalue weighted by Crippen LogP contribution is -2.53. The zero-order valence-corrected chi connectivity index (χ0v) is 10.9. The molecule has 1 nitrogen and oxygen atoms in total. The van der Waals surface area contributed by atoms with Crippen LogP contribution in [-0.2, 0) is 5.60 Å². The number of rotatable bonds is 3. The molecule has 21 heavy (non-hydrogen) atoms. The van der Waals surface area contributed by atoms with Crippen molar-refractivity contribution >= 4 is 5.57 Å². The number of alkyl halides is 6. The van der Waals surface area contributed by atoms with Gasteiger partial charge >= 0.3 is 12.4 Å². The molecule has 7 heteroatoms. The van der Waals surface area contributed by atoms with Crippen molar-refractivity contribution in [2.75, 3.05) is 0 Å². The van der Waals surface area contributed by atoms with Gasteiger partial charge in [-0.05, 0) is 18.1 Å². The molecular formula is C14H12F6O. The fraction of sp³-hybridized carbons (Fsp3) is 0.286. The van der Waals surface area contributed by atoms with E-state index in [1.165, 1.54) is 6.08 Å². The molecule has 0 aromatic heterocycles. The first kappa shape index (κ1) is 17.3. The van der Waals surface area contributed by atoms with Crippen LogP contribution in [0.5, 0.6) is 0 Å². The molecule has 0 aliphatic heterocycles. The van der Waals surface area contributed by atoms with Crippen LogP contribution in [0.1, 0.15) is 18.1 Å². The number of hydrogen-bond acceptors (Lipinski definition) is 1. The predicted octanol–water partition coefficient (Wildman–Crippen LogP) is 4.59. The van der Waals surface area contributed by atoms with Crippen molar-refractivity contribution in [3.63, 3.8) is 0 Å². The van der Waals surface area contributed by atoms with E-state index in [9.17, 15) is 31.4 Å². The summed E-state index contributed by atoms with van der Waals surface area (Å²) in [5, 5.41) is 9.21. The molecule has 1 rings (SSSR count). The summed E-state index contributed by atoms with van der Waals surface area (Å²) in [6.45, 7) is 5.06. The molecule has 0 unspecified atom stereocenters. The second-order valence-electron chi connectivity index (χ2n) is 4.37. The van der Waals surface area contributed by atoms with Gasteiger partial charge in [-0.25, -0.2) is 0 Å². The van der Waals surface area contributed by atoms with Crippen molar-refractivity contribution in [2.45, 2.75) is 24.9 Å². The highest BCUT2D eigenvalue weighted by molar-refractivity contribution is 5.65. The topological polar surface area (TPSA) is 20.2 Å². The van der Waals surface area contributed by atoms with Crippen molar-refractivity contribution in [1.29, 1.82) is 0 Å². The van der Waals surface area contributed by atoms with E-state index in [0.717, 1.165) is 12.1 Å². The first-order chi connectivity index (χ1) is 9.45. The second-order valence-corrected chi connectivity index (χ2v) is 4.37. The van der Waals surface area contributed by atoms with Crippen LogP contribution >= 0.6 is 0 Å². The molecule has 0 radical (unpaired) electrons. The molecule has 0 amide bonds. The van der Waals surface area contributed by atoms with E-state index in [1.807, 2.05) is 0 Å². The highest BCUT2D eigenvalue weighted by Gasteiger charge is 2.71. The summed E-state index contributed by atoms with van der Waals surface area (Å²) in [5.74, 6) is 0. The first-order valence-electron chi connectivity index (χ1n) is 5.71. The number of hydrogen-bond donors (Lipinski definition) is 1. The Balaban J connectivity index is 3.37. The van der Waals surface area contributed by atoms with E-state index in [4.69, 9.17) is 0 Å². The lowest BCUT2D eigenvalue weighted by atomic mass is 9.91. The summed E-state index contributed by atoms with van der Waals surface area (Å²) < 4.78 is 76.0. The van der Waals surface area contributed by atoms with Crippen molar-refractivity contribution in [2.24, 2.45) is 0 Å². The third kappa shape index (κ3) is 3.12. The van der Waals surface area contributed by atoms with Crippen LogP contribution in [0.15, 0.2) is 43.0 Å². The summed E-state index contributed by atoms with van der Waals surface area (Å²) >= 11 is 0. The monoisotopic (exact) mass is 310 g/mol. The van der Waals surface area contributed by atoms with E-state index in [0.29, 0.717) is 23.3 Å². The van der Waals surface area contributed by atoms with Crippen molar-refractivity contribution in [3.05, 3.63) is 54.1 Å². The summed E-state index contributed by atoms with van der Waals surface area (Å²) in [5.41, 5.74) is -5.14. The maximum atomic E-state index is 12.7. The van der Waals surface area contributed by atoms with Gasteiger partial charge in [-0.2, -0.15) is 26.3 Å². The van der Waals surface area contributed by atoms with Crippen LogP contribution in [0, 0.1) is 0 Å². The number of halogens is 6. The van der Waals surface area contributed by atoms with Crippen molar-refractivity contribution in [1.82, 2.24) is 0 Å². The van der Waals surface area contributed by atoms with Crippen molar-refractivity contribution in [3.8, 4) is 0 Å². The van der Waals surface area contributed by atoms with Gasteiger partial charge in [0.2, 0.25) is 0 Å². The third-order valence-corrected chi connectivity index (χ3v) is 2.95. The van der Waals surface area contributed by atoms with E-state index in [-0.39, 0.29) is 0 Å². The SMILES string of the molecule is C=C/C=C(\C)c1ccc(C(O)(C(F)(F)F)C(F)(F)F)cc1. The highest BCUT2D eigenvalue weighted by atomic mass is 19.4. The maximum Gasteiger partial charge on any atom is 0.430 e. The predicted molar refractivity (Wildman–Crippen MR) is 66.3 cm³/mol. The van der Waals surface area contributed by atoms with Crippen LogP contribution in [0.4, 0.5) is 26.3 Å². The maximum absolute atomic E-state index is 12.7. The highest BCUT2D eigenvalue weighted by Crippen LogP contribution is 2.50. The van der Waals surface area contributed by atoms with Gasteiger partial charge in [0.15, 0.2) is 0 Å². The summed E-state index contributed by atoms with van der Waals surface area (Å²) in [4.78, 5) is 0. The minimum Gasteiger partial charge on any atom is -0.369 e. The van der Waals surface area contributed by atoms with Crippen LogP contribution in [0.25, 0.3) is 5.57 Å². The Hall–Kier alpha value is -1.76. The number of aliphatic hydroxyl groups is 1. The molecule has 116 valence electrons. The standard InChI is InChI=1S/C14H12F6O/c1-3-4-9(2)10-5-7-11(8-6-10)12(21,13(15,16)17)14(18,19)20/h3-8,21H,1H2,2H3/b9-4+. The smallest absolute Gasteiger partial charge is 0.369 e. The molecule has 0 saturated heterocycles. The zero-order valence-electron chi connectivity index (χ0n) is 10.9. The molecule has 0 fully saturated rings. The molecule has 0 bridgehead atoms. The van der Waals surface area contributed by atoms with Gasteiger partial charge in [0.25, 0.3) is 5.60 Å². The van der Waals surface area contributed by atoms with Crippen LogP contribution in [0.3, 0.4) is 0 Å². The quantitative estimate of drug-likeness (QED) is 0.639. The average Bonchev–Trinajstić information content (AvgIpc) is 2.35. The lowest BCUT2D eigenvalue weighted by molar-refractivity contribution is -0.376. The molecule has 1 N–H and O–H groups in total. The molecule has 0 saturated carbocycles. The number of benzene rings is 1. The minimum atomic E-state index is -5.88. The molecule has 0 spiro atoms. The second kappa shape index (κ2) is 5.55. The van der Waals surface area contributed by atoms with Gasteiger partial charge in [-0.3, -0.25) is 0 Å².